The van der Waals surface area contributed by atoms with Crippen LogP contribution in [0.5, 0.6) is 0 Å². The van der Waals surface area contributed by atoms with Crippen molar-refractivity contribution in [3.05, 3.63) is 34.9 Å². The van der Waals surface area contributed by atoms with E-state index in [0.29, 0.717) is 17.0 Å². The second kappa shape index (κ2) is 5.70. The molecule has 1 aliphatic rings. The lowest BCUT2D eigenvalue weighted by molar-refractivity contribution is 0.0951. The monoisotopic (exact) mass is 243 g/mol. The molecule has 0 aliphatic heterocycles. The van der Waals surface area contributed by atoms with Gasteiger partial charge in [0.15, 0.2) is 0 Å². The topological polar surface area (TPSA) is 49.3 Å². The van der Waals surface area contributed by atoms with Crippen LogP contribution in [-0.4, -0.2) is 24.2 Å². The minimum absolute atomic E-state index is 0.0761. The Bertz CT molecular complexity index is 507. The molecule has 2 N–H and O–H groups in total. The minimum Gasteiger partial charge on any atom is -0.384 e. The summed E-state index contributed by atoms with van der Waals surface area (Å²) in [6.45, 7) is 2.50. The molecule has 0 atom stereocenters. The van der Waals surface area contributed by atoms with Gasteiger partial charge in [-0.25, -0.2) is 0 Å². The number of carbonyl (C=O) groups is 1. The number of carbonyl (C=O) groups excluding carboxylic acids is 1. The molecule has 94 valence electrons. The molecule has 3 heteroatoms. The highest BCUT2D eigenvalue weighted by Gasteiger charge is 2.22. The molecule has 1 aromatic rings. The fourth-order valence-electron chi connectivity index (χ4n) is 1.74. The van der Waals surface area contributed by atoms with Gasteiger partial charge in [-0.3, -0.25) is 4.79 Å². The van der Waals surface area contributed by atoms with E-state index in [1.54, 1.807) is 0 Å². The Labute approximate surface area is 107 Å². The highest BCUT2D eigenvalue weighted by Crippen LogP contribution is 2.27. The highest BCUT2D eigenvalue weighted by atomic mass is 16.2. The first-order valence-electron chi connectivity index (χ1n) is 6.19. The second-order valence-electron chi connectivity index (χ2n) is 4.66. The first-order chi connectivity index (χ1) is 8.70. The Kier molecular flexibility index (Phi) is 4.01. The van der Waals surface area contributed by atoms with Crippen LogP contribution in [0.15, 0.2) is 18.2 Å². The van der Waals surface area contributed by atoms with E-state index in [-0.39, 0.29) is 12.5 Å². The van der Waals surface area contributed by atoms with Crippen molar-refractivity contribution in [1.29, 1.82) is 0 Å². The van der Waals surface area contributed by atoms with Crippen molar-refractivity contribution in [3.8, 4) is 11.8 Å². The van der Waals surface area contributed by atoms with E-state index < -0.39 is 0 Å². The van der Waals surface area contributed by atoms with Crippen LogP contribution >= 0.6 is 0 Å². The number of aryl methyl sites for hydroxylation is 1. The maximum Gasteiger partial charge on any atom is 0.252 e. The lowest BCUT2D eigenvalue weighted by Crippen LogP contribution is -2.26. The van der Waals surface area contributed by atoms with Crippen molar-refractivity contribution in [3.63, 3.8) is 0 Å². The second-order valence-corrected chi connectivity index (χ2v) is 4.66. The van der Waals surface area contributed by atoms with Gasteiger partial charge in [0.25, 0.3) is 5.91 Å². The standard InChI is InChI=1S/C15H17NO2/c1-11-4-7-13(3-2-8-17)14(9-11)15(18)16-10-12-5-6-12/h4,7,9,12,17H,5-6,8,10H2,1H3,(H,16,18). The molecule has 0 bridgehead atoms. The van der Waals surface area contributed by atoms with Crippen molar-refractivity contribution in [2.24, 2.45) is 5.92 Å². The molecule has 2 rings (SSSR count). The molecule has 1 amide bonds. The highest BCUT2D eigenvalue weighted by molar-refractivity contribution is 5.97. The van der Waals surface area contributed by atoms with Gasteiger partial charge < -0.3 is 10.4 Å². The molecule has 18 heavy (non-hydrogen) atoms. The summed E-state index contributed by atoms with van der Waals surface area (Å²) in [7, 11) is 0. The number of hydrogen-bond acceptors (Lipinski definition) is 2. The average molecular weight is 243 g/mol. The molecule has 0 aromatic heterocycles. The maximum atomic E-state index is 12.1. The summed E-state index contributed by atoms with van der Waals surface area (Å²) in [5, 5.41) is 11.7. The zero-order chi connectivity index (χ0) is 13.0. The van der Waals surface area contributed by atoms with Crippen molar-refractivity contribution >= 4 is 5.91 Å². The first kappa shape index (κ1) is 12.7. The van der Waals surface area contributed by atoms with Gasteiger partial charge in [-0.1, -0.05) is 23.5 Å². The number of hydrogen-bond donors (Lipinski definition) is 2. The molecule has 0 spiro atoms. The number of benzene rings is 1. The summed E-state index contributed by atoms with van der Waals surface area (Å²) in [6.07, 6.45) is 2.43. The molecule has 3 nitrogen and oxygen atoms in total. The number of aliphatic hydroxyl groups excluding tert-OH is 1. The third-order valence-corrected chi connectivity index (χ3v) is 2.97. The molecular formula is C15H17NO2. The van der Waals surface area contributed by atoms with Crippen LogP contribution in [-0.2, 0) is 0 Å². The minimum atomic E-state index is -0.197. The number of amides is 1. The van der Waals surface area contributed by atoms with Gasteiger partial charge in [0.2, 0.25) is 0 Å². The summed E-state index contributed by atoms with van der Waals surface area (Å²) in [4.78, 5) is 12.1. The first-order valence-corrected chi connectivity index (χ1v) is 6.19. The van der Waals surface area contributed by atoms with Crippen LogP contribution < -0.4 is 5.32 Å². The molecule has 1 aliphatic carbocycles. The van der Waals surface area contributed by atoms with Crippen LogP contribution in [0.25, 0.3) is 0 Å². The SMILES string of the molecule is Cc1ccc(C#CCO)c(C(=O)NCC2CC2)c1. The zero-order valence-corrected chi connectivity index (χ0v) is 10.5. The van der Waals surface area contributed by atoms with Crippen LogP contribution in [0.1, 0.15) is 34.3 Å². The fourth-order valence-corrected chi connectivity index (χ4v) is 1.74. The van der Waals surface area contributed by atoms with Crippen LogP contribution in [0.3, 0.4) is 0 Å². The Morgan fingerprint density at radius 3 is 2.94 bits per heavy atom. The summed E-state index contributed by atoms with van der Waals surface area (Å²) < 4.78 is 0. The number of rotatable bonds is 3. The van der Waals surface area contributed by atoms with E-state index >= 15 is 0 Å². The summed E-state index contributed by atoms with van der Waals surface area (Å²) in [5.74, 6) is 5.98. The van der Waals surface area contributed by atoms with Gasteiger partial charge in [-0.15, -0.1) is 0 Å². The smallest absolute Gasteiger partial charge is 0.252 e. The molecular weight excluding hydrogens is 226 g/mol. The van der Waals surface area contributed by atoms with E-state index in [9.17, 15) is 4.79 Å². The fraction of sp³-hybridized carbons (Fsp3) is 0.400. The summed E-state index contributed by atoms with van der Waals surface area (Å²) >= 11 is 0. The lowest BCUT2D eigenvalue weighted by Gasteiger charge is -2.07. The summed E-state index contributed by atoms with van der Waals surface area (Å²) in [5.41, 5.74) is 2.29. The van der Waals surface area contributed by atoms with Gasteiger partial charge in [-0.2, -0.15) is 0 Å². The molecule has 1 fully saturated rings. The molecule has 0 saturated heterocycles. The van der Waals surface area contributed by atoms with Gasteiger partial charge in [-0.05, 0) is 37.8 Å². The van der Waals surface area contributed by atoms with Crippen molar-refractivity contribution in [1.82, 2.24) is 5.32 Å². The normalized spacial score (nSPS) is 13.7. The van der Waals surface area contributed by atoms with E-state index in [2.05, 4.69) is 17.2 Å². The number of nitrogens with one attached hydrogen (secondary N) is 1. The largest absolute Gasteiger partial charge is 0.384 e. The Morgan fingerprint density at radius 2 is 2.28 bits per heavy atom. The van der Waals surface area contributed by atoms with Crippen molar-refractivity contribution < 1.29 is 9.90 Å². The molecule has 0 radical (unpaired) electrons. The molecule has 0 unspecified atom stereocenters. The lowest BCUT2D eigenvalue weighted by atomic mass is 10.0. The van der Waals surface area contributed by atoms with Gasteiger partial charge in [0.1, 0.15) is 6.61 Å². The molecule has 1 aromatic carbocycles. The van der Waals surface area contributed by atoms with E-state index in [1.165, 1.54) is 12.8 Å². The van der Waals surface area contributed by atoms with Crippen molar-refractivity contribution in [2.75, 3.05) is 13.2 Å². The third kappa shape index (κ3) is 3.35. The molecule has 1 saturated carbocycles. The van der Waals surface area contributed by atoms with Gasteiger partial charge in [0.05, 0.1) is 5.56 Å². The predicted molar refractivity (Wildman–Crippen MR) is 70.2 cm³/mol. The van der Waals surface area contributed by atoms with Crippen LogP contribution in [0.2, 0.25) is 0 Å². The zero-order valence-electron chi connectivity index (χ0n) is 10.5. The predicted octanol–water partition coefficient (Wildman–Crippen LogP) is 1.48. The Hall–Kier alpha value is -1.79. The van der Waals surface area contributed by atoms with Crippen LogP contribution in [0, 0.1) is 24.7 Å². The van der Waals surface area contributed by atoms with Crippen LogP contribution in [0.4, 0.5) is 0 Å². The van der Waals surface area contributed by atoms with E-state index in [4.69, 9.17) is 5.11 Å². The van der Waals surface area contributed by atoms with Crippen molar-refractivity contribution in [2.45, 2.75) is 19.8 Å². The van der Waals surface area contributed by atoms with Gasteiger partial charge in [0, 0.05) is 12.1 Å². The quantitative estimate of drug-likeness (QED) is 0.790. The Morgan fingerprint density at radius 1 is 1.50 bits per heavy atom. The Balaban J connectivity index is 2.16. The summed E-state index contributed by atoms with van der Waals surface area (Å²) in [6, 6.07) is 5.58. The average Bonchev–Trinajstić information content (AvgIpc) is 3.18. The van der Waals surface area contributed by atoms with E-state index in [1.807, 2.05) is 25.1 Å². The van der Waals surface area contributed by atoms with E-state index in [0.717, 1.165) is 12.1 Å². The number of aliphatic hydroxyl groups is 1. The van der Waals surface area contributed by atoms with Gasteiger partial charge >= 0.3 is 0 Å². The third-order valence-electron chi connectivity index (χ3n) is 2.97. The molecule has 0 heterocycles. The maximum absolute atomic E-state index is 12.1.